The predicted molar refractivity (Wildman–Crippen MR) is 86.4 cm³/mol. The van der Waals surface area contributed by atoms with Gasteiger partial charge >= 0.3 is 0 Å². The van der Waals surface area contributed by atoms with Crippen LogP contribution in [0.1, 0.15) is 18.0 Å². The van der Waals surface area contributed by atoms with Crippen molar-refractivity contribution < 1.29 is 9.50 Å². The number of nitrogens with zero attached hydrogens (tertiary/aromatic N) is 2. The second-order valence-electron chi connectivity index (χ2n) is 5.65. The third kappa shape index (κ3) is 3.52. The second-order valence-corrected chi connectivity index (χ2v) is 6.55. The summed E-state index contributed by atoms with van der Waals surface area (Å²) in [6.45, 7) is 2.33. The molecule has 0 aliphatic carbocycles. The number of benzene rings is 1. The quantitative estimate of drug-likeness (QED) is 0.887. The van der Waals surface area contributed by atoms with Gasteiger partial charge in [-0.2, -0.15) is 0 Å². The van der Waals surface area contributed by atoms with Gasteiger partial charge in [-0.3, -0.25) is 4.90 Å². The third-order valence-electron chi connectivity index (χ3n) is 4.04. The molecule has 1 aliphatic rings. The van der Waals surface area contributed by atoms with Crippen LogP contribution in [-0.2, 0) is 0 Å². The molecule has 2 aromatic rings. The van der Waals surface area contributed by atoms with Gasteiger partial charge in [-0.15, -0.1) is 11.3 Å². The Morgan fingerprint density at radius 2 is 2.36 bits per heavy atom. The molecule has 0 saturated carbocycles. The van der Waals surface area contributed by atoms with Crippen LogP contribution in [0.15, 0.2) is 29.8 Å². The molecule has 22 heavy (non-hydrogen) atoms. The minimum atomic E-state index is -0.246. The predicted octanol–water partition coefficient (Wildman–Crippen LogP) is 2.28. The average molecular weight is 321 g/mol. The van der Waals surface area contributed by atoms with E-state index in [0.717, 1.165) is 35.6 Å². The van der Waals surface area contributed by atoms with Crippen LogP contribution in [0.2, 0.25) is 0 Å². The van der Waals surface area contributed by atoms with E-state index in [-0.39, 0.29) is 18.0 Å². The van der Waals surface area contributed by atoms with Crippen molar-refractivity contribution in [3.63, 3.8) is 0 Å². The highest BCUT2D eigenvalue weighted by atomic mass is 32.1. The van der Waals surface area contributed by atoms with Crippen molar-refractivity contribution in [2.45, 2.75) is 18.6 Å². The zero-order valence-electron chi connectivity index (χ0n) is 12.5. The molecule has 2 atom stereocenters. The van der Waals surface area contributed by atoms with E-state index in [1.54, 1.807) is 12.3 Å². The summed E-state index contributed by atoms with van der Waals surface area (Å²) in [6.07, 6.45) is 2.30. The molecule has 6 heteroatoms. The fraction of sp³-hybridized carbons (Fsp3) is 0.438. The Kier molecular flexibility index (Phi) is 4.83. The molecule has 2 heterocycles. The standard InChI is InChI=1S/C16H20FN3OS/c1-18-15(10-20-4-2-14(21)9-20)11-6-12(8-13(17)7-11)16-19-3-5-22-16/h3,5-8,14-15,18,21H,2,4,9-10H2,1H3. The van der Waals surface area contributed by atoms with E-state index in [9.17, 15) is 9.50 Å². The fourth-order valence-corrected chi connectivity index (χ4v) is 3.53. The Morgan fingerprint density at radius 1 is 1.50 bits per heavy atom. The molecule has 1 saturated heterocycles. The van der Waals surface area contributed by atoms with Gasteiger partial charge in [-0.25, -0.2) is 9.37 Å². The number of likely N-dealkylation sites (N-methyl/N-ethyl adjacent to an activating group) is 1. The molecular formula is C16H20FN3OS. The number of likely N-dealkylation sites (tertiary alicyclic amines) is 1. The van der Waals surface area contributed by atoms with Crippen LogP contribution in [0, 0.1) is 5.82 Å². The van der Waals surface area contributed by atoms with Gasteiger partial charge < -0.3 is 10.4 Å². The summed E-state index contributed by atoms with van der Waals surface area (Å²) in [4.78, 5) is 6.46. The van der Waals surface area contributed by atoms with Gasteiger partial charge in [-0.05, 0) is 37.2 Å². The van der Waals surface area contributed by atoms with Crippen LogP contribution in [0.5, 0.6) is 0 Å². The highest BCUT2D eigenvalue weighted by molar-refractivity contribution is 7.13. The number of thiazole rings is 1. The molecule has 0 amide bonds. The van der Waals surface area contributed by atoms with E-state index in [4.69, 9.17) is 0 Å². The summed E-state index contributed by atoms with van der Waals surface area (Å²) < 4.78 is 14.0. The third-order valence-corrected chi connectivity index (χ3v) is 4.86. The minimum absolute atomic E-state index is 0.0275. The molecule has 118 valence electrons. The number of aliphatic hydroxyl groups is 1. The van der Waals surface area contributed by atoms with Crippen molar-refractivity contribution in [2.75, 3.05) is 26.7 Å². The molecule has 0 bridgehead atoms. The molecule has 4 nitrogen and oxygen atoms in total. The van der Waals surface area contributed by atoms with Crippen LogP contribution < -0.4 is 5.32 Å². The largest absolute Gasteiger partial charge is 0.392 e. The molecule has 3 rings (SSSR count). The molecule has 1 aliphatic heterocycles. The van der Waals surface area contributed by atoms with E-state index >= 15 is 0 Å². The lowest BCUT2D eigenvalue weighted by Gasteiger charge is -2.24. The zero-order chi connectivity index (χ0) is 15.5. The molecule has 1 aromatic carbocycles. The normalized spacial score (nSPS) is 20.4. The van der Waals surface area contributed by atoms with Crippen LogP contribution in [0.3, 0.4) is 0 Å². The van der Waals surface area contributed by atoms with Gasteiger partial charge in [0.25, 0.3) is 0 Å². The van der Waals surface area contributed by atoms with Crippen molar-refractivity contribution in [3.05, 3.63) is 41.2 Å². The van der Waals surface area contributed by atoms with Crippen molar-refractivity contribution >= 4 is 11.3 Å². The summed E-state index contributed by atoms with van der Waals surface area (Å²) in [7, 11) is 1.88. The summed E-state index contributed by atoms with van der Waals surface area (Å²) in [5.74, 6) is -0.246. The van der Waals surface area contributed by atoms with E-state index in [1.807, 2.05) is 18.5 Å². The number of nitrogens with one attached hydrogen (secondary N) is 1. The molecular weight excluding hydrogens is 301 g/mol. The lowest BCUT2D eigenvalue weighted by atomic mass is 10.0. The lowest BCUT2D eigenvalue weighted by molar-refractivity contribution is 0.173. The van der Waals surface area contributed by atoms with E-state index in [2.05, 4.69) is 15.2 Å². The molecule has 1 fully saturated rings. The highest BCUT2D eigenvalue weighted by Gasteiger charge is 2.23. The van der Waals surface area contributed by atoms with Gasteiger partial charge in [-0.1, -0.05) is 0 Å². The number of β-amino-alcohol motifs (C(OH)–C–C–N with tert-alkyl or cyclic N) is 1. The summed E-state index contributed by atoms with van der Waals surface area (Å²) in [5, 5.41) is 15.6. The number of aromatic nitrogens is 1. The summed E-state index contributed by atoms with van der Waals surface area (Å²) in [5.41, 5.74) is 1.72. The topological polar surface area (TPSA) is 48.4 Å². The fourth-order valence-electron chi connectivity index (χ4n) is 2.90. The van der Waals surface area contributed by atoms with Gasteiger partial charge in [0.15, 0.2) is 0 Å². The number of rotatable bonds is 5. The smallest absolute Gasteiger partial charge is 0.124 e. The highest BCUT2D eigenvalue weighted by Crippen LogP contribution is 2.27. The number of hydrogen-bond donors (Lipinski definition) is 2. The monoisotopic (exact) mass is 321 g/mol. The van der Waals surface area contributed by atoms with E-state index in [1.165, 1.54) is 17.4 Å². The van der Waals surface area contributed by atoms with E-state index < -0.39 is 0 Å². The minimum Gasteiger partial charge on any atom is -0.392 e. The summed E-state index contributed by atoms with van der Waals surface area (Å²) >= 11 is 1.50. The van der Waals surface area contributed by atoms with Gasteiger partial charge in [0, 0.05) is 42.8 Å². The second kappa shape index (κ2) is 6.83. The Morgan fingerprint density at radius 3 is 3.00 bits per heavy atom. The maximum absolute atomic E-state index is 14.0. The maximum atomic E-state index is 14.0. The molecule has 0 radical (unpaired) electrons. The van der Waals surface area contributed by atoms with Crippen LogP contribution in [0.25, 0.3) is 10.6 Å². The first-order chi connectivity index (χ1) is 10.7. The van der Waals surface area contributed by atoms with Crippen LogP contribution >= 0.6 is 11.3 Å². The van der Waals surface area contributed by atoms with Crippen molar-refractivity contribution in [2.24, 2.45) is 0 Å². The number of hydrogen-bond acceptors (Lipinski definition) is 5. The molecule has 1 aromatic heterocycles. The average Bonchev–Trinajstić information content (AvgIpc) is 3.15. The lowest BCUT2D eigenvalue weighted by Crippen LogP contribution is -2.33. The zero-order valence-corrected chi connectivity index (χ0v) is 13.3. The Labute approximate surface area is 133 Å². The number of halogens is 1. The Hall–Kier alpha value is -1.34. The Bertz CT molecular complexity index is 620. The first-order valence-electron chi connectivity index (χ1n) is 7.43. The van der Waals surface area contributed by atoms with Gasteiger partial charge in [0.1, 0.15) is 10.8 Å². The van der Waals surface area contributed by atoms with Crippen molar-refractivity contribution in [1.82, 2.24) is 15.2 Å². The van der Waals surface area contributed by atoms with Crippen LogP contribution in [-0.4, -0.2) is 47.8 Å². The maximum Gasteiger partial charge on any atom is 0.124 e. The first kappa shape index (κ1) is 15.6. The molecule has 2 N–H and O–H groups in total. The van der Waals surface area contributed by atoms with Crippen LogP contribution in [0.4, 0.5) is 4.39 Å². The molecule has 2 unspecified atom stereocenters. The van der Waals surface area contributed by atoms with Crippen molar-refractivity contribution in [1.29, 1.82) is 0 Å². The van der Waals surface area contributed by atoms with Crippen molar-refractivity contribution in [3.8, 4) is 10.6 Å². The Balaban J connectivity index is 1.82. The first-order valence-corrected chi connectivity index (χ1v) is 8.31. The summed E-state index contributed by atoms with van der Waals surface area (Å²) in [6, 6.07) is 5.12. The van der Waals surface area contributed by atoms with Gasteiger partial charge in [0.05, 0.1) is 6.10 Å². The SMILES string of the molecule is CNC(CN1CCC(O)C1)c1cc(F)cc(-c2nccs2)c1. The van der Waals surface area contributed by atoms with Gasteiger partial charge in [0.2, 0.25) is 0 Å². The molecule has 0 spiro atoms. The number of aliphatic hydroxyl groups excluding tert-OH is 1. The van der Waals surface area contributed by atoms with E-state index in [0.29, 0.717) is 6.54 Å².